The number of rotatable bonds is 5. The maximum atomic E-state index is 13.0. The van der Waals surface area contributed by atoms with Crippen molar-refractivity contribution in [2.24, 2.45) is 0 Å². The zero-order valence-electron chi connectivity index (χ0n) is 13.8. The number of aromatic nitrogens is 2. The Morgan fingerprint density at radius 3 is 3.00 bits per heavy atom. The summed E-state index contributed by atoms with van der Waals surface area (Å²) < 4.78 is 18.3. The van der Waals surface area contributed by atoms with Crippen molar-refractivity contribution < 1.29 is 13.9 Å². The Kier molecular flexibility index (Phi) is 4.79. The summed E-state index contributed by atoms with van der Waals surface area (Å²) in [5, 5.41) is 6.21. The maximum Gasteiger partial charge on any atom is 0.264 e. The Hall–Kier alpha value is -2.90. The molecule has 1 amide bonds. The van der Waals surface area contributed by atoms with Crippen LogP contribution in [0.2, 0.25) is 5.02 Å². The summed E-state index contributed by atoms with van der Waals surface area (Å²) in [6.45, 7) is -0.257. The minimum Gasteiger partial charge on any atom is -0.482 e. The molecule has 4 aromatic rings. The minimum atomic E-state index is -0.468. The van der Waals surface area contributed by atoms with Crippen LogP contribution in [0, 0.1) is 5.82 Å². The molecule has 4 rings (SSSR count). The number of anilines is 1. The molecular weight excluding hydrogens is 389 g/mol. The summed E-state index contributed by atoms with van der Waals surface area (Å²) in [7, 11) is 0. The third-order valence-electron chi connectivity index (χ3n) is 3.87. The lowest BCUT2D eigenvalue weighted by atomic mass is 10.1. The summed E-state index contributed by atoms with van der Waals surface area (Å²) >= 11 is 7.19. The highest BCUT2D eigenvalue weighted by molar-refractivity contribution is 7.14. The first-order valence-corrected chi connectivity index (χ1v) is 9.25. The van der Waals surface area contributed by atoms with Gasteiger partial charge in [0.05, 0.1) is 10.7 Å². The van der Waals surface area contributed by atoms with Crippen molar-refractivity contribution in [1.82, 2.24) is 9.97 Å². The Balaban J connectivity index is 1.42. The van der Waals surface area contributed by atoms with Crippen molar-refractivity contribution in [3.05, 3.63) is 64.9 Å². The number of hydrogen-bond acceptors (Lipinski definition) is 4. The van der Waals surface area contributed by atoms with E-state index in [4.69, 9.17) is 16.3 Å². The maximum absolute atomic E-state index is 13.0. The number of carbonyl (C=O) groups is 1. The zero-order valence-corrected chi connectivity index (χ0v) is 15.4. The summed E-state index contributed by atoms with van der Waals surface area (Å²) in [5.41, 5.74) is 2.77. The third-order valence-corrected chi connectivity index (χ3v) is 4.92. The molecule has 0 saturated heterocycles. The molecule has 136 valence electrons. The van der Waals surface area contributed by atoms with E-state index in [9.17, 15) is 9.18 Å². The first-order valence-electron chi connectivity index (χ1n) is 8.00. The van der Waals surface area contributed by atoms with Gasteiger partial charge in [-0.1, -0.05) is 29.8 Å². The fourth-order valence-corrected chi connectivity index (χ4v) is 3.58. The first kappa shape index (κ1) is 17.5. The van der Waals surface area contributed by atoms with Crippen LogP contribution < -0.4 is 10.1 Å². The van der Waals surface area contributed by atoms with Crippen LogP contribution in [-0.2, 0) is 4.79 Å². The van der Waals surface area contributed by atoms with Crippen molar-refractivity contribution >= 4 is 44.9 Å². The normalized spacial score (nSPS) is 10.9. The second kappa shape index (κ2) is 7.38. The quantitative estimate of drug-likeness (QED) is 0.488. The molecule has 2 aromatic heterocycles. The molecule has 2 aromatic carbocycles. The van der Waals surface area contributed by atoms with Gasteiger partial charge in [-0.05, 0) is 24.3 Å². The number of fused-ring (bicyclic) bond motifs is 1. The van der Waals surface area contributed by atoms with Crippen molar-refractivity contribution in [3.8, 4) is 17.0 Å². The van der Waals surface area contributed by atoms with Crippen LogP contribution >= 0.6 is 22.9 Å². The second-order valence-corrected chi connectivity index (χ2v) is 6.96. The van der Waals surface area contributed by atoms with E-state index in [0.29, 0.717) is 5.13 Å². The monoisotopic (exact) mass is 401 g/mol. The number of nitrogens with zero attached hydrogens (tertiary/aromatic N) is 1. The van der Waals surface area contributed by atoms with Gasteiger partial charge in [0, 0.05) is 28.0 Å². The third kappa shape index (κ3) is 3.79. The molecule has 5 nitrogen and oxygen atoms in total. The van der Waals surface area contributed by atoms with E-state index < -0.39 is 5.82 Å². The van der Waals surface area contributed by atoms with E-state index >= 15 is 0 Å². The van der Waals surface area contributed by atoms with E-state index in [-0.39, 0.29) is 23.3 Å². The molecule has 0 aliphatic carbocycles. The molecule has 0 atom stereocenters. The van der Waals surface area contributed by atoms with Gasteiger partial charge in [-0.3, -0.25) is 10.1 Å². The topological polar surface area (TPSA) is 67.0 Å². The highest BCUT2D eigenvalue weighted by atomic mass is 35.5. The first-order chi connectivity index (χ1) is 13.1. The summed E-state index contributed by atoms with van der Waals surface area (Å²) in [4.78, 5) is 19.7. The van der Waals surface area contributed by atoms with Crippen molar-refractivity contribution in [3.63, 3.8) is 0 Å². The van der Waals surface area contributed by atoms with Crippen LogP contribution in [0.4, 0.5) is 9.52 Å². The van der Waals surface area contributed by atoms with Gasteiger partial charge < -0.3 is 9.72 Å². The lowest BCUT2D eigenvalue weighted by Crippen LogP contribution is -2.20. The Morgan fingerprint density at radius 2 is 2.15 bits per heavy atom. The van der Waals surface area contributed by atoms with Crippen LogP contribution in [0.25, 0.3) is 22.2 Å². The number of benzene rings is 2. The largest absolute Gasteiger partial charge is 0.482 e. The molecule has 0 spiro atoms. The van der Waals surface area contributed by atoms with Gasteiger partial charge in [0.15, 0.2) is 11.7 Å². The lowest BCUT2D eigenvalue weighted by molar-refractivity contribution is -0.118. The fraction of sp³-hybridized carbons (Fsp3) is 0.0526. The molecular formula is C19H13ClFN3O2S. The lowest BCUT2D eigenvalue weighted by Gasteiger charge is -2.07. The molecule has 0 aliphatic heterocycles. The zero-order chi connectivity index (χ0) is 18.8. The molecule has 27 heavy (non-hydrogen) atoms. The summed E-state index contributed by atoms with van der Waals surface area (Å²) in [5.74, 6) is -0.605. The number of aromatic amines is 1. The molecule has 0 aliphatic rings. The number of halogens is 2. The predicted octanol–water partition coefficient (Wildman–Crippen LogP) is 5.10. The van der Waals surface area contributed by atoms with Crippen LogP contribution in [0.15, 0.2) is 54.0 Å². The number of carbonyl (C=O) groups excluding carboxylic acids is 1. The number of ether oxygens (including phenoxy) is 1. The average Bonchev–Trinajstić information content (AvgIpc) is 3.27. The van der Waals surface area contributed by atoms with Crippen LogP contribution in [0.5, 0.6) is 5.75 Å². The van der Waals surface area contributed by atoms with Gasteiger partial charge in [-0.2, -0.15) is 0 Å². The van der Waals surface area contributed by atoms with Crippen molar-refractivity contribution in [1.29, 1.82) is 0 Å². The van der Waals surface area contributed by atoms with Gasteiger partial charge in [0.1, 0.15) is 11.6 Å². The van der Waals surface area contributed by atoms with Crippen LogP contribution in [0.3, 0.4) is 0 Å². The molecule has 2 heterocycles. The average molecular weight is 402 g/mol. The van der Waals surface area contributed by atoms with Crippen LogP contribution in [0.1, 0.15) is 0 Å². The smallest absolute Gasteiger partial charge is 0.264 e. The number of para-hydroxylation sites is 1. The highest BCUT2D eigenvalue weighted by Crippen LogP contribution is 2.31. The Labute approximate surface area is 162 Å². The van der Waals surface area contributed by atoms with Crippen molar-refractivity contribution in [2.45, 2.75) is 0 Å². The van der Waals surface area contributed by atoms with E-state index in [1.807, 2.05) is 35.8 Å². The highest BCUT2D eigenvalue weighted by Gasteiger charge is 2.12. The number of amides is 1. The number of hydrogen-bond donors (Lipinski definition) is 2. The van der Waals surface area contributed by atoms with Gasteiger partial charge in [0.25, 0.3) is 5.91 Å². The molecule has 0 saturated carbocycles. The molecule has 0 unspecified atom stereocenters. The van der Waals surface area contributed by atoms with Crippen molar-refractivity contribution in [2.75, 3.05) is 11.9 Å². The molecule has 0 bridgehead atoms. The standard InChI is InChI=1S/C19H13ClFN3O2S/c20-14-7-11(21)5-6-17(14)26-9-18(25)24-19-23-16(10-27-19)13-8-22-15-4-2-1-3-12(13)15/h1-8,10,22H,9H2,(H,23,24,25). The summed E-state index contributed by atoms with van der Waals surface area (Å²) in [6.07, 6.45) is 1.89. The molecule has 0 fully saturated rings. The molecule has 8 heteroatoms. The minimum absolute atomic E-state index is 0.110. The summed E-state index contributed by atoms with van der Waals surface area (Å²) in [6, 6.07) is 11.7. The molecule has 0 radical (unpaired) electrons. The Bertz CT molecular complexity index is 1130. The van der Waals surface area contributed by atoms with E-state index in [1.54, 1.807) is 0 Å². The Morgan fingerprint density at radius 1 is 1.30 bits per heavy atom. The fourth-order valence-electron chi connectivity index (χ4n) is 2.63. The number of nitrogens with one attached hydrogen (secondary N) is 2. The van der Waals surface area contributed by atoms with E-state index in [0.717, 1.165) is 28.2 Å². The van der Waals surface area contributed by atoms with Gasteiger partial charge in [-0.15, -0.1) is 11.3 Å². The van der Waals surface area contributed by atoms with Gasteiger partial charge in [0.2, 0.25) is 0 Å². The second-order valence-electron chi connectivity index (χ2n) is 5.70. The number of thiazole rings is 1. The van der Waals surface area contributed by atoms with E-state index in [2.05, 4.69) is 15.3 Å². The SMILES string of the molecule is O=C(COc1ccc(F)cc1Cl)Nc1nc(-c2c[nH]c3ccccc23)cs1. The van der Waals surface area contributed by atoms with E-state index in [1.165, 1.54) is 23.5 Å². The number of H-pyrrole nitrogens is 1. The van der Waals surface area contributed by atoms with Crippen LogP contribution in [-0.4, -0.2) is 22.5 Å². The molecule has 2 N–H and O–H groups in total. The predicted molar refractivity (Wildman–Crippen MR) is 105 cm³/mol. The van der Waals surface area contributed by atoms with Gasteiger partial charge >= 0.3 is 0 Å². The van der Waals surface area contributed by atoms with Gasteiger partial charge in [-0.25, -0.2) is 9.37 Å².